The van der Waals surface area contributed by atoms with Gasteiger partial charge < -0.3 is 24.1 Å². The molecule has 4 aromatic carbocycles. The lowest BCUT2D eigenvalue weighted by molar-refractivity contribution is -0.275. The molecule has 0 aliphatic carbocycles. The Morgan fingerprint density at radius 1 is 0.844 bits per heavy atom. The molecule has 10 nitrogen and oxygen atoms in total. The van der Waals surface area contributed by atoms with Crippen LogP contribution in [-0.4, -0.2) is 46.2 Å². The predicted octanol–water partition coefficient (Wildman–Crippen LogP) is 6.38. The van der Waals surface area contributed by atoms with Crippen LogP contribution in [0, 0.1) is 0 Å². The molecule has 0 radical (unpaired) electrons. The molecule has 0 saturated heterocycles. The first-order chi connectivity index (χ1) is 21.2. The lowest BCUT2D eigenvalue weighted by atomic mass is 9.69. The number of nitrogens with zero attached hydrogens (tertiary/aromatic N) is 1. The van der Waals surface area contributed by atoms with Gasteiger partial charge in [0, 0.05) is 27.8 Å². The van der Waals surface area contributed by atoms with Crippen molar-refractivity contribution in [2.45, 2.75) is 16.7 Å². The van der Waals surface area contributed by atoms with Crippen molar-refractivity contribution in [2.24, 2.45) is 0 Å². The average molecular weight is 664 g/mol. The lowest BCUT2D eigenvalue weighted by Crippen LogP contribution is -2.45. The van der Waals surface area contributed by atoms with E-state index < -0.39 is 44.5 Å². The molecule has 234 valence electrons. The molecule has 4 aromatic rings. The highest BCUT2D eigenvalue weighted by Gasteiger charge is 2.59. The molecule has 1 aliphatic heterocycles. The number of rotatable bonds is 8. The summed E-state index contributed by atoms with van der Waals surface area (Å²) >= 11 is 6.39. The van der Waals surface area contributed by atoms with Crippen LogP contribution in [0.1, 0.15) is 16.7 Å². The quantitative estimate of drug-likeness (QED) is 0.169. The molecule has 0 bridgehead atoms. The number of para-hydroxylation sites is 2. The summed E-state index contributed by atoms with van der Waals surface area (Å²) in [6.07, 6.45) is -7.04. The molecule has 1 aliphatic rings. The topological polar surface area (TPSA) is 129 Å². The second-order valence-corrected chi connectivity index (χ2v) is 11.6. The molecular weight excluding hydrogens is 643 g/mol. The maximum absolute atomic E-state index is 15.0. The summed E-state index contributed by atoms with van der Waals surface area (Å²) in [5, 5.41) is 9.57. The number of amides is 1. The first-order valence-corrected chi connectivity index (χ1v) is 14.5. The van der Waals surface area contributed by atoms with Crippen LogP contribution in [0.25, 0.3) is 0 Å². The number of carboxylic acid groups (broad SMARTS) is 1. The van der Waals surface area contributed by atoms with E-state index in [0.717, 1.165) is 19.2 Å². The van der Waals surface area contributed by atoms with Gasteiger partial charge in [-0.25, -0.2) is 17.5 Å². The molecule has 1 N–H and O–H groups in total. The summed E-state index contributed by atoms with van der Waals surface area (Å²) in [6, 6.07) is 18.0. The predicted molar refractivity (Wildman–Crippen MR) is 154 cm³/mol. The number of hydrogen-bond acceptors (Lipinski definition) is 8. The molecule has 1 atom stereocenters. The van der Waals surface area contributed by atoms with E-state index in [4.69, 9.17) is 25.8 Å². The van der Waals surface area contributed by atoms with Gasteiger partial charge in [-0.1, -0.05) is 48.0 Å². The third-order valence-corrected chi connectivity index (χ3v) is 8.95. The van der Waals surface area contributed by atoms with E-state index in [0.29, 0.717) is 10.4 Å². The molecule has 1 unspecified atom stereocenters. The van der Waals surface area contributed by atoms with Crippen molar-refractivity contribution in [1.29, 1.82) is 0 Å². The molecule has 0 spiro atoms. The van der Waals surface area contributed by atoms with Gasteiger partial charge in [0.2, 0.25) is 0 Å². The van der Waals surface area contributed by atoms with Crippen molar-refractivity contribution in [3.8, 4) is 23.0 Å². The largest absolute Gasteiger partial charge is 0.573 e. The second-order valence-electron chi connectivity index (χ2n) is 9.41. The van der Waals surface area contributed by atoms with Crippen LogP contribution in [0.3, 0.4) is 0 Å². The summed E-state index contributed by atoms with van der Waals surface area (Å²) in [6.45, 7) is 0. The van der Waals surface area contributed by atoms with Gasteiger partial charge in [-0.2, -0.15) is 0 Å². The number of alkyl halides is 3. The van der Waals surface area contributed by atoms with E-state index in [2.05, 4.69) is 4.74 Å². The molecule has 45 heavy (non-hydrogen) atoms. The number of hydrogen-bond donors (Lipinski definition) is 1. The van der Waals surface area contributed by atoms with E-state index in [9.17, 15) is 36.3 Å². The Hall–Kier alpha value is -4.95. The van der Waals surface area contributed by atoms with Gasteiger partial charge in [0.15, 0.2) is 5.75 Å². The van der Waals surface area contributed by atoms with Crippen LogP contribution in [-0.2, 0) is 20.2 Å². The van der Waals surface area contributed by atoms with E-state index >= 15 is 0 Å². The minimum absolute atomic E-state index is 0.0543. The van der Waals surface area contributed by atoms with Gasteiger partial charge in [0.25, 0.3) is 15.9 Å². The van der Waals surface area contributed by atoms with Crippen LogP contribution in [0.4, 0.5) is 23.7 Å². The highest BCUT2D eigenvalue weighted by atomic mass is 35.5. The van der Waals surface area contributed by atoms with Crippen molar-refractivity contribution in [3.05, 3.63) is 107 Å². The van der Waals surface area contributed by atoms with E-state index in [1.54, 1.807) is 6.07 Å². The van der Waals surface area contributed by atoms with Crippen LogP contribution in [0.2, 0.25) is 5.02 Å². The third kappa shape index (κ3) is 5.36. The fraction of sp³-hybridized carbons (Fsp3) is 0.133. The second kappa shape index (κ2) is 11.5. The number of fused-ring (bicyclic) bond motifs is 1. The van der Waals surface area contributed by atoms with Crippen molar-refractivity contribution in [1.82, 2.24) is 0 Å². The van der Waals surface area contributed by atoms with Gasteiger partial charge in [0.1, 0.15) is 27.6 Å². The highest BCUT2D eigenvalue weighted by molar-refractivity contribution is 7.93. The standard InChI is InChI=1S/C30H21ClF3NO9S/c1-41-18-12-14-26(25(16-18)44-30(32,33)34)45(39,40)35-22-13-11-17(31)15-21(22)29(27(35)36,19-7-3-5-9-23(19)42-2)20-8-4-6-10-24(20)43-28(37)38/h3-16H,1-2H3,(H,37,38). The Labute approximate surface area is 259 Å². The van der Waals surface area contributed by atoms with Crippen LogP contribution in [0.5, 0.6) is 23.0 Å². The fourth-order valence-corrected chi connectivity index (χ4v) is 7.05. The van der Waals surface area contributed by atoms with Crippen molar-refractivity contribution >= 4 is 39.4 Å². The van der Waals surface area contributed by atoms with Gasteiger partial charge in [-0.3, -0.25) is 4.79 Å². The fourth-order valence-electron chi connectivity index (χ4n) is 5.31. The molecule has 5 rings (SSSR count). The minimum Gasteiger partial charge on any atom is -0.497 e. The highest BCUT2D eigenvalue weighted by Crippen LogP contribution is 2.56. The molecule has 1 amide bonds. The van der Waals surface area contributed by atoms with Gasteiger partial charge in [-0.05, 0) is 42.5 Å². The van der Waals surface area contributed by atoms with Crippen LogP contribution >= 0.6 is 11.6 Å². The molecule has 0 fully saturated rings. The zero-order chi connectivity index (χ0) is 32.7. The monoisotopic (exact) mass is 663 g/mol. The third-order valence-electron chi connectivity index (χ3n) is 6.98. The maximum atomic E-state index is 15.0. The lowest BCUT2D eigenvalue weighted by Gasteiger charge is -2.32. The summed E-state index contributed by atoms with van der Waals surface area (Å²) in [5.74, 6) is -2.78. The summed E-state index contributed by atoms with van der Waals surface area (Å²) in [5.41, 5.74) is -2.62. The first-order valence-electron chi connectivity index (χ1n) is 12.7. The first kappa shape index (κ1) is 31.5. The number of methoxy groups -OCH3 is 2. The molecule has 0 saturated carbocycles. The SMILES string of the molecule is COc1ccc(S(=O)(=O)N2C(=O)C(c3ccccc3OC)(c3ccccc3OC(=O)O)c3cc(Cl)ccc32)c(OC(F)(F)F)c1. The number of carbonyl (C=O) groups is 2. The molecule has 0 aromatic heterocycles. The van der Waals surface area contributed by atoms with Crippen LogP contribution in [0.15, 0.2) is 89.8 Å². The van der Waals surface area contributed by atoms with E-state index in [-0.39, 0.29) is 44.6 Å². The number of anilines is 1. The number of ether oxygens (including phenoxy) is 4. The zero-order valence-corrected chi connectivity index (χ0v) is 24.7. The molecular formula is C30H21ClF3NO9S. The zero-order valence-electron chi connectivity index (χ0n) is 23.2. The van der Waals surface area contributed by atoms with E-state index in [1.807, 2.05) is 0 Å². The Morgan fingerprint density at radius 3 is 2.07 bits per heavy atom. The number of sulfonamides is 1. The summed E-state index contributed by atoms with van der Waals surface area (Å²) in [4.78, 5) is 25.7. The van der Waals surface area contributed by atoms with E-state index in [1.165, 1.54) is 67.8 Å². The number of carbonyl (C=O) groups excluding carboxylic acids is 1. The van der Waals surface area contributed by atoms with Crippen LogP contribution < -0.4 is 23.3 Å². The summed E-state index contributed by atoms with van der Waals surface area (Å²) < 4.78 is 89.1. The molecule has 15 heteroatoms. The number of benzene rings is 4. The van der Waals surface area contributed by atoms with Gasteiger partial charge >= 0.3 is 12.5 Å². The smallest absolute Gasteiger partial charge is 0.497 e. The van der Waals surface area contributed by atoms with Crippen molar-refractivity contribution in [2.75, 3.05) is 18.5 Å². The minimum atomic E-state index is -5.31. The van der Waals surface area contributed by atoms with Gasteiger partial charge in [-0.15, -0.1) is 13.2 Å². The van der Waals surface area contributed by atoms with Crippen molar-refractivity contribution in [3.63, 3.8) is 0 Å². The maximum Gasteiger partial charge on any atom is 0.573 e. The van der Waals surface area contributed by atoms with Crippen molar-refractivity contribution < 1.29 is 55.2 Å². The number of halogens is 4. The average Bonchev–Trinajstić information content (AvgIpc) is 3.24. The Bertz CT molecular complexity index is 1930. The molecule has 1 heterocycles. The van der Waals surface area contributed by atoms with Gasteiger partial charge in [0.05, 0.1) is 19.9 Å². The Kier molecular flexibility index (Phi) is 8.06. The Morgan fingerprint density at radius 2 is 1.47 bits per heavy atom. The Balaban J connectivity index is 1.89. The normalized spacial score (nSPS) is 16.2. The summed E-state index contributed by atoms with van der Waals surface area (Å²) in [7, 11) is -2.76.